The minimum atomic E-state index is -0.192. The molecule has 0 amide bonds. The molecule has 0 radical (unpaired) electrons. The van der Waals surface area contributed by atoms with E-state index < -0.39 is 0 Å². The zero-order valence-corrected chi connectivity index (χ0v) is 14.6. The molecular weight excluding hydrogens is 342 g/mol. The first-order chi connectivity index (χ1) is 13.2. The van der Waals surface area contributed by atoms with Crippen LogP contribution in [0.25, 0.3) is 5.69 Å². The summed E-state index contributed by atoms with van der Waals surface area (Å²) in [5.74, 6) is 3.23. The number of para-hydroxylation sites is 1. The van der Waals surface area contributed by atoms with Crippen molar-refractivity contribution in [2.45, 2.75) is 12.1 Å². The average Bonchev–Trinajstić information content (AvgIpc) is 3.46. The Morgan fingerprint density at radius 2 is 1.59 bits per heavy atom. The van der Waals surface area contributed by atoms with Crippen LogP contribution in [0, 0.1) is 34.5 Å². The van der Waals surface area contributed by atoms with E-state index >= 15 is 0 Å². The van der Waals surface area contributed by atoms with Gasteiger partial charge in [-0.15, -0.1) is 0 Å². The number of benzene rings is 1. The highest BCUT2D eigenvalue weighted by molar-refractivity contribution is 5.58. The predicted octanol–water partition coefficient (Wildman–Crippen LogP) is 1.49. The minimum absolute atomic E-state index is 0.0168. The summed E-state index contributed by atoms with van der Waals surface area (Å²) < 4.78 is 10.5. The average molecular weight is 359 g/mol. The first-order valence-electron chi connectivity index (χ1n) is 9.66. The molecule has 5 aliphatic carbocycles. The van der Waals surface area contributed by atoms with Crippen LogP contribution in [-0.2, 0) is 4.74 Å². The molecule has 9 rings (SSSR count). The van der Waals surface area contributed by atoms with E-state index in [1.807, 2.05) is 39.7 Å². The molecule has 134 valence electrons. The van der Waals surface area contributed by atoms with Gasteiger partial charge in [-0.3, -0.25) is 0 Å². The van der Waals surface area contributed by atoms with Crippen LogP contribution in [0.3, 0.4) is 0 Å². The Balaban J connectivity index is 1.46. The number of allylic oxidation sites excluding steroid dienone is 3. The van der Waals surface area contributed by atoms with Gasteiger partial charge in [-0.05, 0) is 48.0 Å². The summed E-state index contributed by atoms with van der Waals surface area (Å²) in [6.45, 7) is 0. The summed E-state index contributed by atoms with van der Waals surface area (Å²) in [6, 6.07) is 9.48. The van der Waals surface area contributed by atoms with Crippen molar-refractivity contribution in [3.63, 3.8) is 0 Å². The molecule has 6 heteroatoms. The largest absolute Gasteiger partial charge is 0.497 e. The van der Waals surface area contributed by atoms with Gasteiger partial charge in [-0.1, -0.05) is 24.3 Å². The van der Waals surface area contributed by atoms with E-state index in [9.17, 15) is 9.59 Å². The van der Waals surface area contributed by atoms with E-state index in [4.69, 9.17) is 4.74 Å². The smallest absolute Gasteiger partial charge is 0.352 e. The lowest BCUT2D eigenvalue weighted by Gasteiger charge is -2.47. The molecule has 2 aliphatic heterocycles. The fraction of sp³-hybridized carbons (Fsp3) is 0.429. The molecule has 2 bridgehead atoms. The summed E-state index contributed by atoms with van der Waals surface area (Å²) in [7, 11) is 1.70. The third kappa shape index (κ3) is 0.984. The van der Waals surface area contributed by atoms with Crippen molar-refractivity contribution in [3.8, 4) is 5.69 Å². The van der Waals surface area contributed by atoms with Gasteiger partial charge in [0.05, 0.1) is 24.9 Å². The van der Waals surface area contributed by atoms with Gasteiger partial charge in [-0.25, -0.2) is 23.5 Å². The number of rotatable bonds is 2. The molecule has 2 spiro atoms. The monoisotopic (exact) mass is 359 g/mol. The van der Waals surface area contributed by atoms with Gasteiger partial charge in [0.25, 0.3) is 0 Å². The standard InChI is InChI=1S/C21H17N3O3/c1-27-11-7-8-20-15-12-13-14(12)17(21(15,20)9-11)24-19(26)22(10-5-3-2-4-6-10)18(25)23(24)16(13)20/h2-9,12-17H,1H3/t12-,13-,14-,15+,16-,17+,20-,21+/m0/s1. The van der Waals surface area contributed by atoms with Crippen molar-refractivity contribution < 1.29 is 4.74 Å². The number of hydrogen-bond donors (Lipinski definition) is 0. The third-order valence-corrected chi connectivity index (χ3v) is 8.67. The SMILES string of the molecule is COC1=C[C@@]23[C@@H]4[C@H]5[C@H]6[C@H]5[C@H]2n2c(=O)n(-c5ccccc5)c(=O)n2[C@@H]6[C@]43C=C1. The van der Waals surface area contributed by atoms with E-state index in [-0.39, 0.29) is 34.3 Å². The molecule has 0 N–H and O–H groups in total. The lowest BCUT2D eigenvalue weighted by atomic mass is 9.69. The topological polar surface area (TPSA) is 58.2 Å². The molecule has 27 heavy (non-hydrogen) atoms. The Hall–Kier alpha value is -2.76. The first-order valence-corrected chi connectivity index (χ1v) is 9.66. The second-order valence-electron chi connectivity index (χ2n) is 8.97. The highest BCUT2D eigenvalue weighted by Gasteiger charge is 3.02. The molecular formula is C21H17N3O3. The highest BCUT2D eigenvalue weighted by atomic mass is 16.5. The quantitative estimate of drug-likeness (QED) is 0.816. The van der Waals surface area contributed by atoms with Gasteiger partial charge >= 0.3 is 11.4 Å². The van der Waals surface area contributed by atoms with Gasteiger partial charge < -0.3 is 4.74 Å². The molecule has 4 saturated carbocycles. The Morgan fingerprint density at radius 1 is 0.926 bits per heavy atom. The number of methoxy groups -OCH3 is 1. The van der Waals surface area contributed by atoms with Gasteiger partial charge in [0.15, 0.2) is 0 Å². The zero-order chi connectivity index (χ0) is 17.9. The van der Waals surface area contributed by atoms with Crippen molar-refractivity contribution in [1.29, 1.82) is 0 Å². The van der Waals surface area contributed by atoms with Crippen LogP contribution in [0.2, 0.25) is 0 Å². The van der Waals surface area contributed by atoms with Crippen LogP contribution in [0.5, 0.6) is 0 Å². The van der Waals surface area contributed by atoms with Crippen LogP contribution in [0.4, 0.5) is 0 Å². The fourth-order valence-corrected chi connectivity index (χ4v) is 8.21. The Kier molecular flexibility index (Phi) is 1.74. The number of aromatic nitrogens is 3. The van der Waals surface area contributed by atoms with Crippen LogP contribution >= 0.6 is 0 Å². The van der Waals surface area contributed by atoms with Crippen LogP contribution in [0.1, 0.15) is 12.1 Å². The van der Waals surface area contributed by atoms with Crippen LogP contribution < -0.4 is 11.4 Å². The number of hydrogen-bond acceptors (Lipinski definition) is 3. The highest BCUT2D eigenvalue weighted by Crippen LogP contribution is 3.03. The van der Waals surface area contributed by atoms with Crippen molar-refractivity contribution in [2.75, 3.05) is 7.11 Å². The number of ether oxygens (including phenoxy) is 1. The minimum Gasteiger partial charge on any atom is -0.497 e. The maximum Gasteiger partial charge on any atom is 0.352 e. The predicted molar refractivity (Wildman–Crippen MR) is 95.4 cm³/mol. The Labute approximate surface area is 154 Å². The van der Waals surface area contributed by atoms with Crippen LogP contribution in [0.15, 0.2) is 63.9 Å². The van der Waals surface area contributed by atoms with Gasteiger partial charge in [0.2, 0.25) is 0 Å². The molecule has 3 heterocycles. The molecule has 7 aliphatic rings. The first kappa shape index (κ1) is 13.4. The maximum absolute atomic E-state index is 13.4. The lowest BCUT2D eigenvalue weighted by molar-refractivity contribution is 0.0417. The molecule has 4 fully saturated rings. The van der Waals surface area contributed by atoms with Crippen molar-refractivity contribution in [3.05, 3.63) is 75.3 Å². The maximum atomic E-state index is 13.4. The van der Waals surface area contributed by atoms with Gasteiger partial charge in [0, 0.05) is 10.8 Å². The number of nitrogens with zero attached hydrogens (tertiary/aromatic N) is 3. The van der Waals surface area contributed by atoms with E-state index in [1.54, 1.807) is 7.11 Å². The molecule has 2 aromatic rings. The summed E-state index contributed by atoms with van der Waals surface area (Å²) in [5.41, 5.74) is 0.264. The van der Waals surface area contributed by atoms with Crippen molar-refractivity contribution in [2.24, 2.45) is 34.5 Å². The van der Waals surface area contributed by atoms with Gasteiger partial charge in [0.1, 0.15) is 5.76 Å². The summed E-state index contributed by atoms with van der Waals surface area (Å²) in [4.78, 5) is 26.8. The van der Waals surface area contributed by atoms with E-state index in [0.717, 1.165) is 5.76 Å². The van der Waals surface area contributed by atoms with Gasteiger partial charge in [-0.2, -0.15) is 0 Å². The summed E-state index contributed by atoms with van der Waals surface area (Å²) >= 11 is 0. The molecule has 1 aromatic carbocycles. The zero-order valence-electron chi connectivity index (χ0n) is 14.6. The molecule has 1 aromatic heterocycles. The lowest BCUT2D eigenvalue weighted by Crippen LogP contribution is -2.52. The van der Waals surface area contributed by atoms with E-state index in [0.29, 0.717) is 29.4 Å². The Bertz CT molecular complexity index is 1260. The van der Waals surface area contributed by atoms with Crippen molar-refractivity contribution >= 4 is 0 Å². The molecule has 6 nitrogen and oxygen atoms in total. The molecule has 0 unspecified atom stereocenters. The summed E-state index contributed by atoms with van der Waals surface area (Å²) in [5, 5.41) is 0. The van der Waals surface area contributed by atoms with Crippen LogP contribution in [-0.4, -0.2) is 21.0 Å². The summed E-state index contributed by atoms with van der Waals surface area (Å²) in [6.07, 6.45) is 6.65. The Morgan fingerprint density at radius 3 is 2.26 bits per heavy atom. The third-order valence-electron chi connectivity index (χ3n) is 8.67. The van der Waals surface area contributed by atoms with E-state index in [2.05, 4.69) is 18.2 Å². The second-order valence-corrected chi connectivity index (χ2v) is 8.97. The van der Waals surface area contributed by atoms with Crippen molar-refractivity contribution in [1.82, 2.24) is 13.9 Å². The molecule has 0 saturated heterocycles. The fourth-order valence-electron chi connectivity index (χ4n) is 8.21. The van der Waals surface area contributed by atoms with E-state index in [1.165, 1.54) is 4.57 Å². The normalized spacial score (nSPS) is 47.4. The molecule has 8 atom stereocenters. The second kappa shape index (κ2) is 3.51.